The third-order valence-corrected chi connectivity index (χ3v) is 2.60. The summed E-state index contributed by atoms with van der Waals surface area (Å²) in [5.74, 6) is -0.890. The molecule has 82 valence electrons. The van der Waals surface area contributed by atoms with Gasteiger partial charge in [-0.15, -0.1) is 0 Å². The molecular formula is C12H10ClNO2. The zero-order valence-electron chi connectivity index (χ0n) is 8.38. The Hall–Kier alpha value is -1.74. The molecule has 2 rings (SSSR count). The number of carboxylic acid groups (broad SMARTS) is 1. The van der Waals surface area contributed by atoms with Crippen LogP contribution in [0.2, 0.25) is 5.02 Å². The Balaban J connectivity index is 2.41. The molecule has 3 nitrogen and oxygen atoms in total. The van der Waals surface area contributed by atoms with Crippen molar-refractivity contribution in [2.24, 2.45) is 0 Å². The molecule has 4 heteroatoms. The summed E-state index contributed by atoms with van der Waals surface area (Å²) in [5.41, 5.74) is 0.702. The Labute approximate surface area is 97.9 Å². The van der Waals surface area contributed by atoms with Crippen molar-refractivity contribution >= 4 is 17.6 Å². The molecule has 0 saturated heterocycles. The Morgan fingerprint density at radius 1 is 1.19 bits per heavy atom. The quantitative estimate of drug-likeness (QED) is 0.889. The Bertz CT molecular complexity index is 476. The van der Waals surface area contributed by atoms with Gasteiger partial charge in [-0.3, -0.25) is 0 Å². The molecule has 1 N–H and O–H groups in total. The van der Waals surface area contributed by atoms with Crippen LogP contribution in [0.25, 0.3) is 0 Å². The van der Waals surface area contributed by atoms with E-state index in [0.29, 0.717) is 10.6 Å². The van der Waals surface area contributed by atoms with Crippen LogP contribution in [0.15, 0.2) is 48.8 Å². The zero-order valence-corrected chi connectivity index (χ0v) is 9.13. The molecule has 0 saturated carbocycles. The molecule has 0 aliphatic rings. The van der Waals surface area contributed by atoms with E-state index in [1.165, 1.54) is 0 Å². The summed E-state index contributed by atoms with van der Waals surface area (Å²) in [5, 5.41) is 9.81. The van der Waals surface area contributed by atoms with E-state index in [4.69, 9.17) is 11.6 Å². The summed E-state index contributed by atoms with van der Waals surface area (Å²) in [6.45, 7) is 0. The number of carbonyl (C=O) groups is 1. The van der Waals surface area contributed by atoms with Crippen molar-refractivity contribution < 1.29 is 9.90 Å². The smallest absolute Gasteiger partial charge is 0.331 e. The van der Waals surface area contributed by atoms with E-state index in [9.17, 15) is 9.90 Å². The standard InChI is InChI=1S/C12H10ClNO2/c13-10-5-3-9(4-6-10)11(12(15)16)14-7-1-2-8-14/h1-8,11H,(H,15,16)/t11-/m1/s1. The zero-order chi connectivity index (χ0) is 11.5. The largest absolute Gasteiger partial charge is 0.479 e. The molecule has 0 aliphatic carbocycles. The number of hydrogen-bond donors (Lipinski definition) is 1. The number of aliphatic carboxylic acids is 1. The third kappa shape index (κ3) is 2.09. The molecule has 2 aromatic rings. The fourth-order valence-corrected chi connectivity index (χ4v) is 1.73. The summed E-state index contributed by atoms with van der Waals surface area (Å²) >= 11 is 5.77. The molecule has 1 atom stereocenters. The number of carboxylic acids is 1. The minimum absolute atomic E-state index is 0.598. The third-order valence-electron chi connectivity index (χ3n) is 2.35. The predicted molar refractivity (Wildman–Crippen MR) is 61.7 cm³/mol. The van der Waals surface area contributed by atoms with Gasteiger partial charge in [-0.1, -0.05) is 23.7 Å². The minimum Gasteiger partial charge on any atom is -0.479 e. The molecule has 0 amide bonds. The maximum atomic E-state index is 11.2. The van der Waals surface area contributed by atoms with Crippen LogP contribution in [0.1, 0.15) is 11.6 Å². The normalized spacial score (nSPS) is 12.3. The second kappa shape index (κ2) is 4.41. The molecule has 0 unspecified atom stereocenters. The number of hydrogen-bond acceptors (Lipinski definition) is 1. The Kier molecular flexibility index (Phi) is 2.97. The summed E-state index contributed by atoms with van der Waals surface area (Å²) < 4.78 is 1.64. The van der Waals surface area contributed by atoms with Gasteiger partial charge in [-0.2, -0.15) is 0 Å². The lowest BCUT2D eigenvalue weighted by Crippen LogP contribution is -2.18. The van der Waals surface area contributed by atoms with Crippen molar-refractivity contribution in [3.05, 3.63) is 59.4 Å². The first-order chi connectivity index (χ1) is 7.68. The monoisotopic (exact) mass is 235 g/mol. The van der Waals surface area contributed by atoms with Gasteiger partial charge in [-0.05, 0) is 29.8 Å². The van der Waals surface area contributed by atoms with Crippen LogP contribution in [0.5, 0.6) is 0 Å². The molecule has 0 spiro atoms. The fraction of sp³-hybridized carbons (Fsp3) is 0.0833. The molecule has 0 bridgehead atoms. The molecule has 16 heavy (non-hydrogen) atoms. The van der Waals surface area contributed by atoms with Gasteiger partial charge in [-0.25, -0.2) is 4.79 Å². The van der Waals surface area contributed by atoms with Gasteiger partial charge >= 0.3 is 5.97 Å². The Morgan fingerprint density at radius 2 is 1.75 bits per heavy atom. The SMILES string of the molecule is O=C(O)[C@@H](c1ccc(Cl)cc1)n1cccc1. The van der Waals surface area contributed by atoms with Crippen LogP contribution >= 0.6 is 11.6 Å². The lowest BCUT2D eigenvalue weighted by atomic mass is 10.1. The van der Waals surface area contributed by atoms with Gasteiger partial charge in [0.05, 0.1) is 0 Å². The highest BCUT2D eigenvalue weighted by molar-refractivity contribution is 6.30. The second-order valence-corrected chi connectivity index (χ2v) is 3.86. The van der Waals surface area contributed by atoms with E-state index < -0.39 is 12.0 Å². The van der Waals surface area contributed by atoms with Crippen molar-refractivity contribution in [2.45, 2.75) is 6.04 Å². The van der Waals surface area contributed by atoms with E-state index in [-0.39, 0.29) is 0 Å². The van der Waals surface area contributed by atoms with Crippen molar-refractivity contribution in [1.29, 1.82) is 0 Å². The lowest BCUT2D eigenvalue weighted by molar-refractivity contribution is -0.139. The minimum atomic E-state index is -0.890. The van der Waals surface area contributed by atoms with Crippen molar-refractivity contribution in [3.8, 4) is 0 Å². The highest BCUT2D eigenvalue weighted by Gasteiger charge is 2.20. The molecule has 0 radical (unpaired) electrons. The lowest BCUT2D eigenvalue weighted by Gasteiger charge is -2.14. The molecule has 1 aromatic carbocycles. The first kappa shape index (κ1) is 10.8. The average Bonchev–Trinajstić information content (AvgIpc) is 2.74. The molecule has 1 heterocycles. The average molecular weight is 236 g/mol. The first-order valence-electron chi connectivity index (χ1n) is 4.79. The van der Waals surface area contributed by atoms with E-state index in [1.807, 2.05) is 0 Å². The number of nitrogens with zero attached hydrogens (tertiary/aromatic N) is 1. The van der Waals surface area contributed by atoms with Crippen molar-refractivity contribution in [3.63, 3.8) is 0 Å². The topological polar surface area (TPSA) is 42.2 Å². The van der Waals surface area contributed by atoms with Crippen LogP contribution in [0.4, 0.5) is 0 Å². The van der Waals surface area contributed by atoms with Crippen LogP contribution in [-0.2, 0) is 4.79 Å². The van der Waals surface area contributed by atoms with Crippen LogP contribution < -0.4 is 0 Å². The predicted octanol–water partition coefficient (Wildman–Crippen LogP) is 2.82. The number of rotatable bonds is 3. The van der Waals surface area contributed by atoms with Crippen LogP contribution in [0, 0.1) is 0 Å². The maximum absolute atomic E-state index is 11.2. The highest BCUT2D eigenvalue weighted by Crippen LogP contribution is 2.20. The fourth-order valence-electron chi connectivity index (χ4n) is 1.61. The van der Waals surface area contributed by atoms with Gasteiger partial charge in [0.15, 0.2) is 6.04 Å². The van der Waals surface area contributed by atoms with Crippen molar-refractivity contribution in [2.75, 3.05) is 0 Å². The van der Waals surface area contributed by atoms with Crippen LogP contribution in [-0.4, -0.2) is 15.6 Å². The number of halogens is 1. The summed E-state index contributed by atoms with van der Waals surface area (Å²) in [4.78, 5) is 11.2. The van der Waals surface area contributed by atoms with E-state index >= 15 is 0 Å². The second-order valence-electron chi connectivity index (χ2n) is 3.42. The van der Waals surface area contributed by atoms with Crippen LogP contribution in [0.3, 0.4) is 0 Å². The molecule has 1 aromatic heterocycles. The van der Waals surface area contributed by atoms with Gasteiger partial charge < -0.3 is 9.67 Å². The van der Waals surface area contributed by atoms with E-state index in [0.717, 1.165) is 0 Å². The number of benzene rings is 1. The first-order valence-corrected chi connectivity index (χ1v) is 5.17. The van der Waals surface area contributed by atoms with E-state index in [1.54, 1.807) is 53.4 Å². The van der Waals surface area contributed by atoms with Gasteiger partial charge in [0, 0.05) is 17.4 Å². The van der Waals surface area contributed by atoms with Gasteiger partial charge in [0.25, 0.3) is 0 Å². The molecule has 0 fully saturated rings. The highest BCUT2D eigenvalue weighted by atomic mass is 35.5. The molecular weight excluding hydrogens is 226 g/mol. The van der Waals surface area contributed by atoms with Crippen molar-refractivity contribution in [1.82, 2.24) is 4.57 Å². The summed E-state index contributed by atoms with van der Waals surface area (Å²) in [6, 6.07) is 9.72. The summed E-state index contributed by atoms with van der Waals surface area (Å²) in [7, 11) is 0. The number of aromatic nitrogens is 1. The van der Waals surface area contributed by atoms with Gasteiger partial charge in [0.1, 0.15) is 0 Å². The molecule has 0 aliphatic heterocycles. The van der Waals surface area contributed by atoms with Gasteiger partial charge in [0.2, 0.25) is 0 Å². The van der Waals surface area contributed by atoms with E-state index in [2.05, 4.69) is 0 Å². The summed E-state index contributed by atoms with van der Waals surface area (Å²) in [6.07, 6.45) is 3.46. The Morgan fingerprint density at radius 3 is 2.25 bits per heavy atom. The maximum Gasteiger partial charge on any atom is 0.331 e.